The molecule has 100 valence electrons. The van der Waals surface area contributed by atoms with E-state index in [0.29, 0.717) is 24.3 Å². The van der Waals surface area contributed by atoms with Crippen molar-refractivity contribution in [2.75, 3.05) is 11.5 Å². The van der Waals surface area contributed by atoms with Crippen LogP contribution < -0.4 is 5.32 Å². The Balaban J connectivity index is 3.90. The molecule has 0 aliphatic carbocycles. The summed E-state index contributed by atoms with van der Waals surface area (Å²) in [6.45, 7) is 5.64. The fourth-order valence-electron chi connectivity index (χ4n) is 1.01. The molecule has 3 N–H and O–H groups in total. The van der Waals surface area contributed by atoms with Crippen LogP contribution in [0.5, 0.6) is 0 Å². The minimum Gasteiger partial charge on any atom is -0.480 e. The molecule has 0 saturated heterocycles. The van der Waals surface area contributed by atoms with E-state index < -0.39 is 17.6 Å². The van der Waals surface area contributed by atoms with Crippen LogP contribution in [0.25, 0.3) is 0 Å². The molecule has 0 fully saturated rings. The van der Waals surface area contributed by atoms with Crippen molar-refractivity contribution in [3.8, 4) is 0 Å². The molecule has 0 heterocycles. The molecule has 5 nitrogen and oxygen atoms in total. The molecular weight excluding hydrogens is 242 g/mol. The van der Waals surface area contributed by atoms with Gasteiger partial charge in [-0.25, -0.2) is 4.79 Å². The second-order valence-corrected chi connectivity index (χ2v) is 5.63. The third-order valence-electron chi connectivity index (χ3n) is 2.76. The van der Waals surface area contributed by atoms with E-state index in [0.717, 1.165) is 0 Å². The van der Waals surface area contributed by atoms with Crippen molar-refractivity contribution >= 4 is 24.1 Å². The molecule has 6 heteroatoms. The summed E-state index contributed by atoms with van der Waals surface area (Å²) in [5.41, 5.74) is -0.749. The number of rotatable bonds is 9. The third kappa shape index (κ3) is 6.53. The highest BCUT2D eigenvalue weighted by atomic mass is 32.2. The van der Waals surface area contributed by atoms with Gasteiger partial charge in [0.05, 0.1) is 5.60 Å². The quantitative estimate of drug-likeness (QED) is 0.421. The van der Waals surface area contributed by atoms with Gasteiger partial charge < -0.3 is 15.5 Å². The largest absolute Gasteiger partial charge is 0.480 e. The lowest BCUT2D eigenvalue weighted by molar-refractivity contribution is -0.140. The maximum atomic E-state index is 10.7. The van der Waals surface area contributed by atoms with Crippen LogP contribution in [-0.2, 0) is 9.59 Å². The molecule has 0 spiro atoms. The number of nitrogens with one attached hydrogen (secondary N) is 1. The second kappa shape index (κ2) is 7.55. The van der Waals surface area contributed by atoms with Crippen LogP contribution in [0.3, 0.4) is 0 Å². The summed E-state index contributed by atoms with van der Waals surface area (Å²) in [4.78, 5) is 20.9. The molecule has 0 rings (SSSR count). The molecule has 0 radical (unpaired) electrons. The summed E-state index contributed by atoms with van der Waals surface area (Å²) >= 11 is 1.49. The molecule has 2 atom stereocenters. The van der Waals surface area contributed by atoms with Crippen LogP contribution >= 0.6 is 11.8 Å². The van der Waals surface area contributed by atoms with Gasteiger partial charge in [0.25, 0.3) is 0 Å². The predicted octanol–water partition coefficient (Wildman–Crippen LogP) is 0.716. The van der Waals surface area contributed by atoms with Gasteiger partial charge in [-0.2, -0.15) is 11.8 Å². The smallest absolute Gasteiger partial charge is 0.326 e. The lowest BCUT2D eigenvalue weighted by Gasteiger charge is -2.27. The number of carboxylic acid groups (broad SMARTS) is 1. The number of thioether (sulfide) groups is 1. The van der Waals surface area contributed by atoms with E-state index in [1.54, 1.807) is 6.92 Å². The van der Waals surface area contributed by atoms with E-state index in [1.165, 1.54) is 11.8 Å². The molecule has 0 aromatic rings. The standard InChI is InChI=1S/C11H21NO4S/c1-8(2)11(3,16)6-17-5-4-9(10(14)15)12-7-13/h7-9,16H,4-6H2,1-3H3,(H,12,13)(H,14,15). The predicted molar refractivity (Wildman–Crippen MR) is 68.0 cm³/mol. The molecule has 17 heavy (non-hydrogen) atoms. The van der Waals surface area contributed by atoms with Crippen molar-refractivity contribution < 1.29 is 19.8 Å². The van der Waals surface area contributed by atoms with Crippen LogP contribution in [-0.4, -0.2) is 45.7 Å². The number of carboxylic acids is 1. The molecule has 0 saturated carbocycles. The zero-order chi connectivity index (χ0) is 13.5. The van der Waals surface area contributed by atoms with Gasteiger partial charge in [0.1, 0.15) is 6.04 Å². The average Bonchev–Trinajstić information content (AvgIpc) is 2.22. The fourth-order valence-corrected chi connectivity index (χ4v) is 2.30. The first-order valence-electron chi connectivity index (χ1n) is 5.54. The number of carbonyl (C=O) groups excluding carboxylic acids is 1. The maximum absolute atomic E-state index is 10.7. The van der Waals surface area contributed by atoms with Gasteiger partial charge in [0.2, 0.25) is 6.41 Å². The SMILES string of the molecule is CC(C)C(C)(O)CSCCC(NC=O)C(=O)O. The van der Waals surface area contributed by atoms with E-state index in [1.807, 2.05) is 13.8 Å². The monoisotopic (exact) mass is 263 g/mol. The van der Waals surface area contributed by atoms with E-state index in [-0.39, 0.29) is 5.92 Å². The molecule has 0 aliphatic heterocycles. The Hall–Kier alpha value is -0.750. The van der Waals surface area contributed by atoms with Crippen LogP contribution in [0, 0.1) is 5.92 Å². The minimum absolute atomic E-state index is 0.151. The van der Waals surface area contributed by atoms with Crippen LogP contribution in [0.15, 0.2) is 0 Å². The highest BCUT2D eigenvalue weighted by molar-refractivity contribution is 7.99. The third-order valence-corrected chi connectivity index (χ3v) is 4.07. The zero-order valence-electron chi connectivity index (χ0n) is 10.5. The number of aliphatic carboxylic acids is 1. The molecule has 1 amide bonds. The Bertz CT molecular complexity index is 256. The highest BCUT2D eigenvalue weighted by Crippen LogP contribution is 2.22. The zero-order valence-corrected chi connectivity index (χ0v) is 11.3. The van der Waals surface area contributed by atoms with Gasteiger partial charge in [-0.1, -0.05) is 13.8 Å². The number of hydrogen-bond donors (Lipinski definition) is 3. The molecule has 0 aliphatic rings. The molecule has 2 unspecified atom stereocenters. The Morgan fingerprint density at radius 1 is 1.53 bits per heavy atom. The summed E-state index contributed by atoms with van der Waals surface area (Å²) in [5, 5.41) is 21.0. The van der Waals surface area contributed by atoms with E-state index in [4.69, 9.17) is 5.11 Å². The Kier molecular flexibility index (Phi) is 7.22. The van der Waals surface area contributed by atoms with Crippen molar-refractivity contribution in [3.63, 3.8) is 0 Å². The summed E-state index contributed by atoms with van der Waals surface area (Å²) in [7, 11) is 0. The van der Waals surface area contributed by atoms with Crippen molar-refractivity contribution in [1.29, 1.82) is 0 Å². The number of aliphatic hydroxyl groups is 1. The van der Waals surface area contributed by atoms with E-state index in [9.17, 15) is 14.7 Å². The van der Waals surface area contributed by atoms with Crippen molar-refractivity contribution in [2.45, 2.75) is 38.8 Å². The second-order valence-electron chi connectivity index (χ2n) is 4.53. The van der Waals surface area contributed by atoms with Gasteiger partial charge >= 0.3 is 5.97 Å². The van der Waals surface area contributed by atoms with Gasteiger partial charge in [-0.3, -0.25) is 4.79 Å². The molecule has 0 aromatic carbocycles. The summed E-state index contributed by atoms with van der Waals surface area (Å²) in [5.74, 6) is 0.255. The highest BCUT2D eigenvalue weighted by Gasteiger charge is 2.25. The molecular formula is C11H21NO4S. The van der Waals surface area contributed by atoms with Crippen LogP contribution in [0.4, 0.5) is 0 Å². The average molecular weight is 263 g/mol. The lowest BCUT2D eigenvalue weighted by Crippen LogP contribution is -2.37. The van der Waals surface area contributed by atoms with Crippen molar-refractivity contribution in [1.82, 2.24) is 5.32 Å². The normalized spacial score (nSPS) is 16.3. The van der Waals surface area contributed by atoms with E-state index in [2.05, 4.69) is 5.32 Å². The van der Waals surface area contributed by atoms with Gasteiger partial charge in [-0.05, 0) is 25.0 Å². The first kappa shape index (κ1) is 16.2. The first-order valence-corrected chi connectivity index (χ1v) is 6.69. The molecule has 0 bridgehead atoms. The summed E-state index contributed by atoms with van der Waals surface area (Å²) in [6.07, 6.45) is 0.751. The number of carbonyl (C=O) groups is 2. The van der Waals surface area contributed by atoms with Gasteiger partial charge in [0, 0.05) is 5.75 Å². The Morgan fingerprint density at radius 3 is 2.53 bits per heavy atom. The summed E-state index contributed by atoms with van der Waals surface area (Å²) in [6, 6.07) is -0.844. The lowest BCUT2D eigenvalue weighted by atomic mass is 9.95. The van der Waals surface area contributed by atoms with Crippen LogP contribution in [0.2, 0.25) is 0 Å². The first-order chi connectivity index (χ1) is 7.81. The van der Waals surface area contributed by atoms with Crippen molar-refractivity contribution in [3.05, 3.63) is 0 Å². The number of amides is 1. The maximum Gasteiger partial charge on any atom is 0.326 e. The van der Waals surface area contributed by atoms with Gasteiger partial charge in [-0.15, -0.1) is 0 Å². The Morgan fingerprint density at radius 2 is 2.12 bits per heavy atom. The number of hydrogen-bond acceptors (Lipinski definition) is 4. The summed E-state index contributed by atoms with van der Waals surface area (Å²) < 4.78 is 0. The minimum atomic E-state index is -1.03. The van der Waals surface area contributed by atoms with Crippen molar-refractivity contribution in [2.24, 2.45) is 5.92 Å². The topological polar surface area (TPSA) is 86.6 Å². The fraction of sp³-hybridized carbons (Fsp3) is 0.818. The Labute approximate surface area is 106 Å². The molecule has 0 aromatic heterocycles. The van der Waals surface area contributed by atoms with Gasteiger partial charge in [0.15, 0.2) is 0 Å². The van der Waals surface area contributed by atoms with Crippen LogP contribution in [0.1, 0.15) is 27.2 Å². The van der Waals surface area contributed by atoms with E-state index >= 15 is 0 Å².